The van der Waals surface area contributed by atoms with E-state index in [4.69, 9.17) is 5.73 Å². The third-order valence-electron chi connectivity index (χ3n) is 4.40. The summed E-state index contributed by atoms with van der Waals surface area (Å²) in [5, 5.41) is 3.19. The maximum atomic E-state index is 12.4. The first-order chi connectivity index (χ1) is 10.1. The molecular formula is C17H27N3O. The van der Waals surface area contributed by atoms with Crippen LogP contribution in [0.1, 0.15) is 45.1 Å². The van der Waals surface area contributed by atoms with E-state index in [1.807, 2.05) is 31.2 Å². The van der Waals surface area contributed by atoms with Crippen LogP contribution in [0.3, 0.4) is 0 Å². The highest BCUT2D eigenvalue weighted by Crippen LogP contribution is 2.18. The highest BCUT2D eigenvalue weighted by Gasteiger charge is 2.24. The topological polar surface area (TPSA) is 58.4 Å². The fraction of sp³-hybridized carbons (Fsp3) is 0.588. The zero-order valence-electron chi connectivity index (χ0n) is 13.1. The molecule has 1 aromatic rings. The predicted molar refractivity (Wildman–Crippen MR) is 86.8 cm³/mol. The number of likely N-dealkylation sites (N-methyl/N-ethyl adjacent to an activating group) is 1. The lowest BCUT2D eigenvalue weighted by Crippen LogP contribution is -2.47. The molecule has 1 aliphatic rings. The second-order valence-electron chi connectivity index (χ2n) is 5.97. The summed E-state index contributed by atoms with van der Waals surface area (Å²) >= 11 is 0. The molecule has 0 bridgehead atoms. The minimum absolute atomic E-state index is 0.104. The smallest absolute Gasteiger partial charge is 0.237 e. The molecule has 1 saturated carbocycles. The van der Waals surface area contributed by atoms with Gasteiger partial charge in [0.05, 0.1) is 6.04 Å². The van der Waals surface area contributed by atoms with Gasteiger partial charge in [-0.25, -0.2) is 0 Å². The van der Waals surface area contributed by atoms with Gasteiger partial charge in [0.15, 0.2) is 0 Å². The number of amides is 1. The lowest BCUT2D eigenvalue weighted by Gasteiger charge is -2.28. The van der Waals surface area contributed by atoms with E-state index in [2.05, 4.69) is 17.1 Å². The monoisotopic (exact) mass is 289 g/mol. The Hall–Kier alpha value is -1.55. The van der Waals surface area contributed by atoms with Gasteiger partial charge in [0.1, 0.15) is 0 Å². The van der Waals surface area contributed by atoms with Gasteiger partial charge in [0.2, 0.25) is 5.91 Å². The Morgan fingerprint density at radius 1 is 1.33 bits per heavy atom. The molecule has 116 valence electrons. The summed E-state index contributed by atoms with van der Waals surface area (Å²) in [6.45, 7) is 5.71. The third-order valence-corrected chi connectivity index (χ3v) is 4.40. The van der Waals surface area contributed by atoms with Crippen molar-refractivity contribution in [3.8, 4) is 0 Å². The minimum atomic E-state index is -0.104. The average Bonchev–Trinajstić information content (AvgIpc) is 2.99. The van der Waals surface area contributed by atoms with Crippen LogP contribution in [-0.2, 0) is 11.3 Å². The Kier molecular flexibility index (Phi) is 5.62. The summed E-state index contributed by atoms with van der Waals surface area (Å²) in [7, 11) is 0. The Morgan fingerprint density at radius 2 is 1.95 bits per heavy atom. The van der Waals surface area contributed by atoms with Crippen molar-refractivity contribution in [3.05, 3.63) is 29.8 Å². The first kappa shape index (κ1) is 15.8. The molecule has 4 nitrogen and oxygen atoms in total. The molecule has 0 spiro atoms. The van der Waals surface area contributed by atoms with Crippen LogP contribution < -0.4 is 11.1 Å². The summed E-state index contributed by atoms with van der Waals surface area (Å²) in [6.07, 6.45) is 4.73. The zero-order chi connectivity index (χ0) is 15.2. The third kappa shape index (κ3) is 4.46. The SMILES string of the molecule is CCN(Cc1ccc(N)cc1)C(C)C(=O)NC1CCCC1. The Labute approximate surface area is 127 Å². The number of rotatable bonds is 6. The number of hydrogen-bond acceptors (Lipinski definition) is 3. The molecule has 1 aromatic carbocycles. The maximum absolute atomic E-state index is 12.4. The fourth-order valence-corrected chi connectivity index (χ4v) is 2.94. The standard InChI is InChI=1S/C17H27N3O/c1-3-20(12-14-8-10-15(18)11-9-14)13(2)17(21)19-16-6-4-5-7-16/h8-11,13,16H,3-7,12,18H2,1-2H3,(H,19,21). The van der Waals surface area contributed by atoms with E-state index in [1.54, 1.807) is 0 Å². The summed E-state index contributed by atoms with van der Waals surface area (Å²) in [6, 6.07) is 8.15. The van der Waals surface area contributed by atoms with Gasteiger partial charge in [-0.15, -0.1) is 0 Å². The van der Waals surface area contributed by atoms with Gasteiger partial charge in [-0.1, -0.05) is 31.9 Å². The molecule has 0 aliphatic heterocycles. The molecule has 1 fully saturated rings. The van der Waals surface area contributed by atoms with Crippen molar-refractivity contribution in [2.24, 2.45) is 0 Å². The molecule has 2 rings (SSSR count). The van der Waals surface area contributed by atoms with E-state index in [0.29, 0.717) is 6.04 Å². The lowest BCUT2D eigenvalue weighted by molar-refractivity contribution is -0.126. The predicted octanol–water partition coefficient (Wildman–Crippen LogP) is 2.54. The van der Waals surface area contributed by atoms with Gasteiger partial charge in [-0.2, -0.15) is 0 Å². The molecule has 0 aromatic heterocycles. The van der Waals surface area contributed by atoms with Crippen molar-refractivity contribution >= 4 is 11.6 Å². The number of carbonyl (C=O) groups is 1. The van der Waals surface area contributed by atoms with E-state index in [1.165, 1.54) is 18.4 Å². The molecule has 0 radical (unpaired) electrons. The molecule has 4 heteroatoms. The Morgan fingerprint density at radius 3 is 2.52 bits per heavy atom. The fourth-order valence-electron chi connectivity index (χ4n) is 2.94. The van der Waals surface area contributed by atoms with Gasteiger partial charge < -0.3 is 11.1 Å². The van der Waals surface area contributed by atoms with Crippen LogP contribution in [0.15, 0.2) is 24.3 Å². The van der Waals surface area contributed by atoms with Gasteiger partial charge in [-0.3, -0.25) is 9.69 Å². The second kappa shape index (κ2) is 7.46. The largest absolute Gasteiger partial charge is 0.399 e. The number of hydrogen-bond donors (Lipinski definition) is 2. The first-order valence-corrected chi connectivity index (χ1v) is 7.99. The van der Waals surface area contributed by atoms with E-state index in [9.17, 15) is 4.79 Å². The van der Waals surface area contributed by atoms with Gasteiger partial charge in [-0.05, 0) is 44.0 Å². The van der Waals surface area contributed by atoms with Crippen LogP contribution in [0, 0.1) is 0 Å². The van der Waals surface area contributed by atoms with Crippen molar-refractivity contribution < 1.29 is 4.79 Å². The van der Waals surface area contributed by atoms with Crippen molar-refractivity contribution in [3.63, 3.8) is 0 Å². The summed E-state index contributed by atoms with van der Waals surface area (Å²) < 4.78 is 0. The van der Waals surface area contributed by atoms with Crippen LogP contribution in [0.4, 0.5) is 5.69 Å². The Bertz CT molecular complexity index is 452. The number of nitrogens with one attached hydrogen (secondary N) is 1. The minimum Gasteiger partial charge on any atom is -0.399 e. The molecule has 1 amide bonds. The van der Waals surface area contributed by atoms with Crippen molar-refractivity contribution in [1.29, 1.82) is 0 Å². The highest BCUT2D eigenvalue weighted by molar-refractivity contribution is 5.81. The van der Waals surface area contributed by atoms with Crippen LogP contribution >= 0.6 is 0 Å². The van der Waals surface area contributed by atoms with E-state index < -0.39 is 0 Å². The number of nitrogens with zero attached hydrogens (tertiary/aromatic N) is 1. The average molecular weight is 289 g/mol. The molecule has 0 saturated heterocycles. The van der Waals surface area contributed by atoms with Gasteiger partial charge in [0.25, 0.3) is 0 Å². The number of nitrogen functional groups attached to an aromatic ring is 1. The number of benzene rings is 1. The lowest BCUT2D eigenvalue weighted by atomic mass is 10.1. The quantitative estimate of drug-likeness (QED) is 0.791. The summed E-state index contributed by atoms with van der Waals surface area (Å²) in [4.78, 5) is 14.6. The molecule has 0 heterocycles. The highest BCUT2D eigenvalue weighted by atomic mass is 16.2. The Balaban J connectivity index is 1.92. The zero-order valence-corrected chi connectivity index (χ0v) is 13.1. The van der Waals surface area contributed by atoms with E-state index in [-0.39, 0.29) is 11.9 Å². The first-order valence-electron chi connectivity index (χ1n) is 7.99. The molecular weight excluding hydrogens is 262 g/mol. The number of nitrogens with two attached hydrogens (primary N) is 1. The molecule has 1 aliphatic carbocycles. The van der Waals surface area contributed by atoms with Crippen LogP contribution in [0.5, 0.6) is 0 Å². The van der Waals surface area contributed by atoms with Crippen molar-refractivity contribution in [1.82, 2.24) is 10.2 Å². The van der Waals surface area contributed by atoms with Crippen LogP contribution in [-0.4, -0.2) is 29.4 Å². The molecule has 1 unspecified atom stereocenters. The van der Waals surface area contributed by atoms with Gasteiger partial charge in [0, 0.05) is 18.3 Å². The van der Waals surface area contributed by atoms with Crippen LogP contribution in [0.2, 0.25) is 0 Å². The maximum Gasteiger partial charge on any atom is 0.237 e. The molecule has 3 N–H and O–H groups in total. The molecule has 1 atom stereocenters. The van der Waals surface area contributed by atoms with E-state index in [0.717, 1.165) is 31.6 Å². The van der Waals surface area contributed by atoms with Gasteiger partial charge >= 0.3 is 0 Å². The van der Waals surface area contributed by atoms with Crippen LogP contribution in [0.25, 0.3) is 0 Å². The number of carbonyl (C=O) groups excluding carboxylic acids is 1. The van der Waals surface area contributed by atoms with E-state index >= 15 is 0 Å². The summed E-state index contributed by atoms with van der Waals surface area (Å²) in [5.74, 6) is 0.152. The molecule has 21 heavy (non-hydrogen) atoms. The van der Waals surface area contributed by atoms with Crippen molar-refractivity contribution in [2.75, 3.05) is 12.3 Å². The summed E-state index contributed by atoms with van der Waals surface area (Å²) in [5.41, 5.74) is 7.67. The van der Waals surface area contributed by atoms with Crippen molar-refractivity contribution in [2.45, 2.75) is 58.2 Å². The normalized spacial score (nSPS) is 17.1. The second-order valence-corrected chi connectivity index (χ2v) is 5.97. The number of anilines is 1.